The molecular formula is C40H70N14O12. The van der Waals surface area contributed by atoms with E-state index in [0.717, 1.165) is 6.42 Å². The Kier molecular flexibility index (Phi) is 29.1. The highest BCUT2D eigenvalue weighted by atomic mass is 16.5. The zero-order valence-corrected chi connectivity index (χ0v) is 37.7. The molecular weight excluding hydrogens is 869 g/mol. The summed E-state index contributed by atoms with van der Waals surface area (Å²) in [5.74, 6) is -9.58. The van der Waals surface area contributed by atoms with E-state index in [9.17, 15) is 43.8 Å². The zero-order valence-electron chi connectivity index (χ0n) is 37.7. The maximum atomic E-state index is 13.8. The minimum Gasteiger partial charge on any atom is -0.481 e. The fraction of sp³-hybridized carbons (Fsp3) is 0.675. The number of rotatable bonds is 38. The molecule has 0 spiro atoms. The van der Waals surface area contributed by atoms with Gasteiger partial charge in [-0.3, -0.25) is 43.5 Å². The van der Waals surface area contributed by atoms with Gasteiger partial charge in [0.1, 0.15) is 0 Å². The fourth-order valence-electron chi connectivity index (χ4n) is 6.13. The number of ketones is 2. The molecule has 0 aliphatic carbocycles. The lowest BCUT2D eigenvalue weighted by Crippen LogP contribution is -2.44. The molecule has 0 fully saturated rings. The highest BCUT2D eigenvalue weighted by molar-refractivity contribution is 6.04. The summed E-state index contributed by atoms with van der Waals surface area (Å²) in [6.07, 6.45) is 0.117. The summed E-state index contributed by atoms with van der Waals surface area (Å²) in [6, 6.07) is -1.66. The Bertz CT molecular complexity index is 1780. The number of amides is 3. The van der Waals surface area contributed by atoms with Crippen LogP contribution < -0.4 is 56.1 Å². The number of carboxylic acid groups (broad SMARTS) is 2. The maximum absolute atomic E-state index is 13.8. The van der Waals surface area contributed by atoms with Crippen LogP contribution >= 0.6 is 0 Å². The molecule has 0 radical (unpaired) electrons. The first-order chi connectivity index (χ1) is 31.4. The van der Waals surface area contributed by atoms with Gasteiger partial charge in [-0.05, 0) is 64.8 Å². The van der Waals surface area contributed by atoms with Crippen molar-refractivity contribution in [2.45, 2.75) is 96.1 Å². The van der Waals surface area contributed by atoms with E-state index >= 15 is 0 Å². The molecule has 19 N–H and O–H groups in total. The highest BCUT2D eigenvalue weighted by Gasteiger charge is 2.31. The monoisotopic (exact) mass is 939 g/mol. The number of guanidine groups is 2. The van der Waals surface area contributed by atoms with Crippen LogP contribution in [0.5, 0.6) is 0 Å². The summed E-state index contributed by atoms with van der Waals surface area (Å²) < 4.78 is 16.3. The maximum Gasteiger partial charge on any atom is 0.303 e. The van der Waals surface area contributed by atoms with Gasteiger partial charge in [0.25, 0.3) is 5.91 Å². The summed E-state index contributed by atoms with van der Waals surface area (Å²) in [6.45, 7) is 5.20. The number of nitrogens with two attached hydrogens (primary N) is 7. The van der Waals surface area contributed by atoms with Gasteiger partial charge in [0.2, 0.25) is 11.8 Å². The molecule has 26 nitrogen and oxygen atoms in total. The number of nitrogen functional groups attached to an aromatic ring is 2. The molecule has 0 saturated carbocycles. The van der Waals surface area contributed by atoms with Gasteiger partial charge in [-0.1, -0.05) is 0 Å². The number of Topliss-reactive ketones (excluding diaryl/α,β-unsaturated/α-hetero) is 2. The van der Waals surface area contributed by atoms with Crippen molar-refractivity contribution in [1.29, 1.82) is 0 Å². The average Bonchev–Trinajstić information content (AvgIpc) is 3.25. The van der Waals surface area contributed by atoms with Gasteiger partial charge >= 0.3 is 11.9 Å². The molecule has 0 aliphatic heterocycles. The molecule has 0 aliphatic rings. The topological polar surface area (TPSA) is 456 Å². The Hall–Kier alpha value is -6.25. The van der Waals surface area contributed by atoms with Crippen LogP contribution in [0, 0.1) is 11.8 Å². The van der Waals surface area contributed by atoms with Crippen molar-refractivity contribution in [2.75, 3.05) is 77.3 Å². The SMILES string of the molecule is CC(CCCN=C(N)N)NC(=O)[C@H](CCC(=O)O)CC(=O)c1nc(N)c(C(=O)N[C@@H](CCCN=C(N)N)C(=O)CC(CCC(=O)O)C(=O)NCCCOCCOCCOCCCN)nc1N. The van der Waals surface area contributed by atoms with Crippen molar-refractivity contribution in [3.8, 4) is 0 Å². The summed E-state index contributed by atoms with van der Waals surface area (Å²) >= 11 is 0. The van der Waals surface area contributed by atoms with Crippen molar-refractivity contribution in [3.63, 3.8) is 0 Å². The first-order valence-electron chi connectivity index (χ1n) is 21.7. The van der Waals surface area contributed by atoms with Crippen molar-refractivity contribution in [2.24, 2.45) is 50.5 Å². The first kappa shape index (κ1) is 57.8. The molecule has 1 rings (SSSR count). The van der Waals surface area contributed by atoms with Crippen molar-refractivity contribution in [1.82, 2.24) is 25.9 Å². The van der Waals surface area contributed by atoms with Crippen molar-refractivity contribution < 1.29 is 58.0 Å². The predicted molar refractivity (Wildman–Crippen MR) is 243 cm³/mol. The number of carbonyl (C=O) groups excluding carboxylic acids is 5. The van der Waals surface area contributed by atoms with E-state index in [-0.39, 0.29) is 56.7 Å². The first-order valence-corrected chi connectivity index (χ1v) is 21.7. The predicted octanol–water partition coefficient (Wildman–Crippen LogP) is -2.25. The Morgan fingerprint density at radius 3 is 1.68 bits per heavy atom. The molecule has 2 unspecified atom stereocenters. The molecule has 3 amide bonds. The molecule has 66 heavy (non-hydrogen) atoms. The van der Waals surface area contributed by atoms with Crippen LogP contribution in [-0.4, -0.2) is 151 Å². The number of nitrogens with one attached hydrogen (secondary N) is 3. The normalized spacial score (nSPS) is 12.8. The number of carbonyl (C=O) groups is 7. The number of aliphatic imine (C=N–C) groups is 2. The summed E-state index contributed by atoms with van der Waals surface area (Å²) in [7, 11) is 0. The number of aromatic nitrogens is 2. The zero-order chi connectivity index (χ0) is 49.4. The standard InChI is InChI=1S/C40H70N14O12/c1-24(6-2-13-49-39(44)45)51-37(62)26(9-11-31(59)60)23-29(56)32-34(42)54-33(35(43)53-32)38(63)52-27(7-3-14-50-40(46)47)28(55)22-25(8-10-30(57)58)36(61)48-15-5-17-65-19-21-66-20-18-64-16-4-12-41/h24-27H,2-23,41H2,1H3,(H2,42,54)(H2,43,53)(H,48,61)(H,51,62)(H,52,63)(H,57,58)(H,59,60)(H4,44,45,49)(H4,46,47,50)/t24?,25?,26-,27+/m1/s1. The van der Waals surface area contributed by atoms with E-state index in [1.54, 1.807) is 6.92 Å². The van der Waals surface area contributed by atoms with Gasteiger partial charge in [-0.25, -0.2) is 9.97 Å². The van der Waals surface area contributed by atoms with Gasteiger partial charge in [-0.2, -0.15) is 0 Å². The molecule has 0 aromatic carbocycles. The van der Waals surface area contributed by atoms with E-state index in [4.69, 9.17) is 54.3 Å². The average molecular weight is 939 g/mol. The largest absolute Gasteiger partial charge is 0.481 e. The molecule has 0 saturated heterocycles. The molecule has 26 heteroatoms. The Labute approximate surface area is 383 Å². The van der Waals surface area contributed by atoms with Crippen LogP contribution in [0.3, 0.4) is 0 Å². The molecule has 1 heterocycles. The van der Waals surface area contributed by atoms with E-state index in [1.165, 1.54) is 0 Å². The summed E-state index contributed by atoms with van der Waals surface area (Å²) in [5, 5.41) is 26.6. The number of anilines is 2. The van der Waals surface area contributed by atoms with E-state index in [2.05, 4.69) is 35.9 Å². The lowest BCUT2D eigenvalue weighted by molar-refractivity contribution is -0.139. The van der Waals surface area contributed by atoms with Crippen molar-refractivity contribution in [3.05, 3.63) is 11.4 Å². The van der Waals surface area contributed by atoms with Gasteiger partial charge in [-0.15, -0.1) is 0 Å². The minimum atomic E-state index is -1.29. The fourth-order valence-corrected chi connectivity index (χ4v) is 6.13. The van der Waals surface area contributed by atoms with E-state index in [1.807, 2.05) is 0 Å². The van der Waals surface area contributed by atoms with Gasteiger partial charge in [0.05, 0.1) is 32.5 Å². The molecule has 4 atom stereocenters. The quantitative estimate of drug-likeness (QED) is 0.0144. The van der Waals surface area contributed by atoms with Crippen LogP contribution in [0.1, 0.15) is 105 Å². The molecule has 1 aromatic rings. The number of carboxylic acids is 2. The summed E-state index contributed by atoms with van der Waals surface area (Å²) in [4.78, 5) is 106. The van der Waals surface area contributed by atoms with Crippen LogP contribution in [-0.2, 0) is 38.2 Å². The van der Waals surface area contributed by atoms with Gasteiger partial charge in [0.15, 0.2) is 46.5 Å². The van der Waals surface area contributed by atoms with Crippen LogP contribution in [0.2, 0.25) is 0 Å². The van der Waals surface area contributed by atoms with Gasteiger partial charge < -0.3 is 80.5 Å². The van der Waals surface area contributed by atoms with Crippen molar-refractivity contribution >= 4 is 64.8 Å². The Morgan fingerprint density at radius 2 is 1.14 bits per heavy atom. The second kappa shape index (κ2) is 33.3. The lowest BCUT2D eigenvalue weighted by atomic mass is 9.91. The number of hydrogen-bond acceptors (Lipinski definition) is 17. The molecule has 0 bridgehead atoms. The number of nitrogens with zero attached hydrogens (tertiary/aromatic N) is 4. The lowest BCUT2D eigenvalue weighted by Gasteiger charge is -2.21. The second-order valence-corrected chi connectivity index (χ2v) is 15.2. The third-order valence-corrected chi connectivity index (χ3v) is 9.58. The molecule has 1 aromatic heterocycles. The van der Waals surface area contributed by atoms with Crippen LogP contribution in [0.25, 0.3) is 0 Å². The van der Waals surface area contributed by atoms with E-state index < -0.39 is 108 Å². The second-order valence-electron chi connectivity index (χ2n) is 15.2. The Morgan fingerprint density at radius 1 is 0.636 bits per heavy atom. The van der Waals surface area contributed by atoms with Crippen LogP contribution in [0.4, 0.5) is 11.6 Å². The number of hydrogen-bond donors (Lipinski definition) is 12. The minimum absolute atomic E-state index is 0.0367. The van der Waals surface area contributed by atoms with E-state index in [0.29, 0.717) is 72.0 Å². The molecule has 372 valence electrons. The Balaban J connectivity index is 3.09. The van der Waals surface area contributed by atoms with Gasteiger partial charge in [0, 0.05) is 76.4 Å². The third kappa shape index (κ3) is 25.9. The third-order valence-electron chi connectivity index (χ3n) is 9.58. The number of aliphatic carboxylic acids is 2. The van der Waals surface area contributed by atoms with Crippen LogP contribution in [0.15, 0.2) is 9.98 Å². The smallest absolute Gasteiger partial charge is 0.303 e. The number of ether oxygens (including phenoxy) is 3. The highest BCUT2D eigenvalue weighted by Crippen LogP contribution is 2.21. The summed E-state index contributed by atoms with van der Waals surface area (Å²) in [5.41, 5.74) is 38.1.